The zero-order chi connectivity index (χ0) is 18.8. The first kappa shape index (κ1) is 17.5. The predicted octanol–water partition coefficient (Wildman–Crippen LogP) is 4.70. The van der Waals surface area contributed by atoms with Crippen LogP contribution in [0.15, 0.2) is 66.0 Å². The van der Waals surface area contributed by atoms with E-state index in [1.165, 1.54) is 0 Å². The number of carbonyl (C=O) groups is 1. The lowest BCUT2D eigenvalue weighted by Gasteiger charge is -2.09. The maximum Gasteiger partial charge on any atom is 0.160 e. The molecule has 0 aliphatic heterocycles. The Kier molecular flexibility index (Phi) is 4.77. The summed E-state index contributed by atoms with van der Waals surface area (Å²) in [7, 11) is 0. The largest absolute Gasteiger partial charge is 0.359 e. The van der Waals surface area contributed by atoms with E-state index < -0.39 is 0 Å². The van der Waals surface area contributed by atoms with Gasteiger partial charge >= 0.3 is 0 Å². The predicted molar refractivity (Wildman–Crippen MR) is 107 cm³/mol. The summed E-state index contributed by atoms with van der Waals surface area (Å²) in [5, 5.41) is 12.6. The highest BCUT2D eigenvalue weighted by Gasteiger charge is 2.19. The van der Waals surface area contributed by atoms with Gasteiger partial charge in [0.05, 0.1) is 12.7 Å². The third-order valence-corrected chi connectivity index (χ3v) is 5.12. The van der Waals surface area contributed by atoms with Crippen LogP contribution in [0.3, 0.4) is 0 Å². The molecule has 2 aromatic carbocycles. The van der Waals surface area contributed by atoms with Crippen molar-refractivity contribution in [1.29, 1.82) is 0 Å². The Balaban J connectivity index is 1.54. The van der Waals surface area contributed by atoms with Crippen LogP contribution in [0.5, 0.6) is 0 Å². The molecular weight excluding hydrogens is 360 g/mol. The number of carbonyl (C=O) groups excluding carboxylic acids is 1. The van der Waals surface area contributed by atoms with Crippen LogP contribution in [-0.2, 0) is 11.3 Å². The van der Waals surface area contributed by atoms with Crippen LogP contribution in [-0.4, -0.2) is 20.8 Å². The van der Waals surface area contributed by atoms with Gasteiger partial charge in [-0.05, 0) is 37.1 Å². The van der Waals surface area contributed by atoms with E-state index in [1.807, 2.05) is 61.7 Å². The Morgan fingerprint density at radius 2 is 2.00 bits per heavy atom. The molecule has 0 saturated carbocycles. The molecule has 0 radical (unpaired) electrons. The van der Waals surface area contributed by atoms with Gasteiger partial charge in [0, 0.05) is 34.0 Å². The number of aromatic nitrogens is 3. The second-order valence-corrected chi connectivity index (χ2v) is 7.03. The standard InChI is InChI=1S/C21H19ClN4O/c1-14-19(9-10-21(14)27)23-17-7-4-6-15(11-17)20-13-26(25-24-20)12-16-5-2-3-8-18(16)22/h2-8,11,13,23H,9-10,12H2,1H3. The van der Waals surface area contributed by atoms with E-state index in [9.17, 15) is 4.79 Å². The lowest BCUT2D eigenvalue weighted by molar-refractivity contribution is -0.114. The summed E-state index contributed by atoms with van der Waals surface area (Å²) in [5.41, 5.74) is 5.52. The van der Waals surface area contributed by atoms with Crippen molar-refractivity contribution >= 4 is 23.1 Å². The van der Waals surface area contributed by atoms with E-state index >= 15 is 0 Å². The number of allylic oxidation sites excluding steroid dienone is 2. The lowest BCUT2D eigenvalue weighted by atomic mass is 10.1. The number of nitrogens with zero attached hydrogens (tertiary/aromatic N) is 3. The van der Waals surface area contributed by atoms with Crippen molar-refractivity contribution in [1.82, 2.24) is 15.0 Å². The molecule has 0 bridgehead atoms. The van der Waals surface area contributed by atoms with Crippen LogP contribution in [0.2, 0.25) is 5.02 Å². The SMILES string of the molecule is CC1=C(Nc2cccc(-c3cn(Cc4ccccc4Cl)nn3)c2)CCC1=O. The van der Waals surface area contributed by atoms with E-state index in [0.29, 0.717) is 13.0 Å². The minimum absolute atomic E-state index is 0.219. The molecule has 3 aromatic rings. The van der Waals surface area contributed by atoms with Crippen molar-refractivity contribution in [2.24, 2.45) is 0 Å². The van der Waals surface area contributed by atoms with Crippen LogP contribution in [0.4, 0.5) is 5.69 Å². The van der Waals surface area contributed by atoms with Crippen molar-refractivity contribution in [2.75, 3.05) is 5.32 Å². The molecule has 1 aromatic heterocycles. The summed E-state index contributed by atoms with van der Waals surface area (Å²) < 4.78 is 1.78. The molecule has 4 rings (SSSR count). The zero-order valence-corrected chi connectivity index (χ0v) is 15.7. The van der Waals surface area contributed by atoms with Gasteiger partial charge in [0.15, 0.2) is 5.78 Å². The summed E-state index contributed by atoms with van der Waals surface area (Å²) >= 11 is 6.22. The molecule has 0 fully saturated rings. The Hall–Kier alpha value is -2.92. The highest BCUT2D eigenvalue weighted by atomic mass is 35.5. The molecule has 0 saturated heterocycles. The first-order valence-corrected chi connectivity index (χ1v) is 9.22. The van der Waals surface area contributed by atoms with Crippen molar-refractivity contribution in [2.45, 2.75) is 26.3 Å². The number of hydrogen-bond donors (Lipinski definition) is 1. The first-order valence-electron chi connectivity index (χ1n) is 8.84. The number of nitrogens with one attached hydrogen (secondary N) is 1. The van der Waals surface area contributed by atoms with Gasteiger partial charge in [-0.1, -0.05) is 47.1 Å². The van der Waals surface area contributed by atoms with Gasteiger partial charge in [0.25, 0.3) is 0 Å². The molecule has 0 atom stereocenters. The maximum absolute atomic E-state index is 11.7. The fourth-order valence-corrected chi connectivity index (χ4v) is 3.37. The first-order chi connectivity index (χ1) is 13.1. The molecule has 1 heterocycles. The Morgan fingerprint density at radius 1 is 1.15 bits per heavy atom. The molecule has 136 valence electrons. The van der Waals surface area contributed by atoms with Crippen molar-refractivity contribution in [3.8, 4) is 11.3 Å². The summed E-state index contributed by atoms with van der Waals surface area (Å²) in [5.74, 6) is 0.219. The van der Waals surface area contributed by atoms with Gasteiger partial charge in [-0.25, -0.2) is 4.68 Å². The Morgan fingerprint density at radius 3 is 2.78 bits per heavy atom. The maximum atomic E-state index is 11.7. The van der Waals surface area contributed by atoms with E-state index in [0.717, 1.165) is 45.2 Å². The highest BCUT2D eigenvalue weighted by Crippen LogP contribution is 2.27. The number of Topliss-reactive ketones (excluding diaryl/α,β-unsaturated/α-hetero) is 1. The van der Waals surface area contributed by atoms with Crippen molar-refractivity contribution < 1.29 is 4.79 Å². The molecule has 1 N–H and O–H groups in total. The summed E-state index contributed by atoms with van der Waals surface area (Å²) in [4.78, 5) is 11.7. The number of rotatable bonds is 5. The lowest BCUT2D eigenvalue weighted by Crippen LogP contribution is -2.00. The van der Waals surface area contributed by atoms with Crippen LogP contribution in [0.1, 0.15) is 25.3 Å². The summed E-state index contributed by atoms with van der Waals surface area (Å²) in [6.07, 6.45) is 3.26. The van der Waals surface area contributed by atoms with Crippen LogP contribution in [0, 0.1) is 0 Å². The number of hydrogen-bond acceptors (Lipinski definition) is 4. The Bertz CT molecular complexity index is 1040. The fraction of sp³-hybridized carbons (Fsp3) is 0.190. The average molecular weight is 379 g/mol. The number of ketones is 1. The molecule has 1 aliphatic rings. The normalized spacial score (nSPS) is 14.1. The second kappa shape index (κ2) is 7.37. The van der Waals surface area contributed by atoms with E-state index in [1.54, 1.807) is 4.68 Å². The fourth-order valence-electron chi connectivity index (χ4n) is 3.18. The van der Waals surface area contributed by atoms with Gasteiger partial charge in [0.2, 0.25) is 0 Å². The molecule has 1 aliphatic carbocycles. The quantitative estimate of drug-likeness (QED) is 0.699. The van der Waals surface area contributed by atoms with Gasteiger partial charge in [0.1, 0.15) is 5.69 Å². The number of benzene rings is 2. The minimum atomic E-state index is 0.219. The molecule has 0 amide bonds. The summed E-state index contributed by atoms with van der Waals surface area (Å²) in [6, 6.07) is 15.7. The number of halogens is 1. The average Bonchev–Trinajstić information content (AvgIpc) is 3.26. The smallest absolute Gasteiger partial charge is 0.160 e. The van der Waals surface area contributed by atoms with E-state index in [2.05, 4.69) is 15.6 Å². The van der Waals surface area contributed by atoms with Crippen molar-refractivity contribution in [3.63, 3.8) is 0 Å². The molecule has 6 heteroatoms. The summed E-state index contributed by atoms with van der Waals surface area (Å²) in [6.45, 7) is 2.45. The zero-order valence-electron chi connectivity index (χ0n) is 14.9. The topological polar surface area (TPSA) is 59.8 Å². The Labute approximate surface area is 162 Å². The van der Waals surface area contributed by atoms with Crippen LogP contribution >= 0.6 is 11.6 Å². The third-order valence-electron chi connectivity index (χ3n) is 4.76. The van der Waals surface area contributed by atoms with Crippen molar-refractivity contribution in [3.05, 3.63) is 76.6 Å². The van der Waals surface area contributed by atoms with Gasteiger partial charge in [-0.2, -0.15) is 0 Å². The van der Waals surface area contributed by atoms with E-state index in [4.69, 9.17) is 11.6 Å². The molecule has 27 heavy (non-hydrogen) atoms. The number of anilines is 1. The molecule has 5 nitrogen and oxygen atoms in total. The highest BCUT2D eigenvalue weighted by molar-refractivity contribution is 6.31. The minimum Gasteiger partial charge on any atom is -0.359 e. The third kappa shape index (κ3) is 3.78. The van der Waals surface area contributed by atoms with Gasteiger partial charge in [-0.15, -0.1) is 5.10 Å². The van der Waals surface area contributed by atoms with Crippen LogP contribution < -0.4 is 5.32 Å². The second-order valence-electron chi connectivity index (χ2n) is 6.63. The van der Waals surface area contributed by atoms with Gasteiger partial charge in [-0.3, -0.25) is 4.79 Å². The van der Waals surface area contributed by atoms with Gasteiger partial charge < -0.3 is 5.32 Å². The van der Waals surface area contributed by atoms with E-state index in [-0.39, 0.29) is 5.78 Å². The molecule has 0 unspecified atom stereocenters. The monoisotopic (exact) mass is 378 g/mol. The van der Waals surface area contributed by atoms with Crippen LogP contribution in [0.25, 0.3) is 11.3 Å². The molecule has 0 spiro atoms. The molecular formula is C21H19ClN4O.